The number of ether oxygens (including phenoxy) is 2. The highest BCUT2D eigenvalue weighted by Gasteiger charge is 2.32. The van der Waals surface area contributed by atoms with Gasteiger partial charge in [-0.25, -0.2) is 9.97 Å². The van der Waals surface area contributed by atoms with Crippen LogP contribution in [0.4, 0.5) is 22.9 Å². The van der Waals surface area contributed by atoms with Crippen LogP contribution < -0.4 is 24.6 Å². The molecule has 1 saturated heterocycles. The summed E-state index contributed by atoms with van der Waals surface area (Å²) in [6.07, 6.45) is 4.98. The molecule has 1 aromatic carbocycles. The lowest BCUT2D eigenvalue weighted by atomic mass is 9.94. The highest BCUT2D eigenvalue weighted by atomic mass is 16.5. The predicted octanol–water partition coefficient (Wildman–Crippen LogP) is 3.96. The van der Waals surface area contributed by atoms with Gasteiger partial charge in [0.1, 0.15) is 30.0 Å². The van der Waals surface area contributed by atoms with Gasteiger partial charge >= 0.3 is 0 Å². The molecule has 38 heavy (non-hydrogen) atoms. The molecule has 0 bridgehead atoms. The van der Waals surface area contributed by atoms with Crippen LogP contribution in [0, 0.1) is 0 Å². The van der Waals surface area contributed by atoms with Gasteiger partial charge in [0.05, 0.1) is 24.5 Å². The van der Waals surface area contributed by atoms with E-state index in [1.807, 2.05) is 42.3 Å². The number of benzene rings is 1. The van der Waals surface area contributed by atoms with Crippen molar-refractivity contribution in [3.05, 3.63) is 48.3 Å². The van der Waals surface area contributed by atoms with Crippen LogP contribution in [-0.4, -0.2) is 52.7 Å². The summed E-state index contributed by atoms with van der Waals surface area (Å²) in [4.78, 5) is 37.2. The molecular weight excluding hydrogens is 486 g/mol. The minimum Gasteiger partial charge on any atom is -0.485 e. The Kier molecular flexibility index (Phi) is 6.11. The van der Waals surface area contributed by atoms with Crippen LogP contribution in [0.15, 0.2) is 42.7 Å². The number of carbonyl (C=O) groups is 2. The third-order valence-electron chi connectivity index (χ3n) is 7.24. The van der Waals surface area contributed by atoms with Crippen molar-refractivity contribution in [2.75, 3.05) is 34.9 Å². The van der Waals surface area contributed by atoms with Crippen LogP contribution in [0.1, 0.15) is 44.8 Å². The van der Waals surface area contributed by atoms with E-state index in [9.17, 15) is 14.7 Å². The lowest BCUT2D eigenvalue weighted by molar-refractivity contribution is -0.119. The highest BCUT2D eigenvalue weighted by Crippen LogP contribution is 2.45. The molecule has 3 aliphatic rings. The highest BCUT2D eigenvalue weighted by molar-refractivity contribution is 5.97. The van der Waals surface area contributed by atoms with Crippen molar-refractivity contribution in [3.8, 4) is 22.8 Å². The minimum absolute atomic E-state index is 0.110. The molecule has 2 aromatic heterocycles. The molecule has 0 radical (unpaired) electrons. The second-order valence-electron chi connectivity index (χ2n) is 9.68. The summed E-state index contributed by atoms with van der Waals surface area (Å²) < 4.78 is 11.9. The molecule has 0 aliphatic carbocycles. The second-order valence-corrected chi connectivity index (χ2v) is 9.68. The smallest absolute Gasteiger partial charge is 0.238 e. The molecule has 10 heteroatoms. The predicted molar refractivity (Wildman–Crippen MR) is 142 cm³/mol. The minimum atomic E-state index is -0.462. The Morgan fingerprint density at radius 3 is 2.82 bits per heavy atom. The van der Waals surface area contributed by atoms with Gasteiger partial charge in [0.15, 0.2) is 0 Å². The first-order valence-electron chi connectivity index (χ1n) is 12.9. The molecule has 1 unspecified atom stereocenters. The lowest BCUT2D eigenvalue weighted by Gasteiger charge is -2.35. The topological polar surface area (TPSA) is 117 Å². The monoisotopic (exact) mass is 515 g/mol. The van der Waals surface area contributed by atoms with E-state index in [2.05, 4.69) is 15.3 Å². The fourth-order valence-corrected chi connectivity index (χ4v) is 5.30. The van der Waals surface area contributed by atoms with Crippen molar-refractivity contribution in [2.24, 2.45) is 0 Å². The number of rotatable bonds is 5. The molecular formula is C28H29N5O5. The quantitative estimate of drug-likeness (QED) is 0.524. The van der Waals surface area contributed by atoms with Crippen LogP contribution in [0.3, 0.4) is 0 Å². The van der Waals surface area contributed by atoms with E-state index in [-0.39, 0.29) is 31.1 Å². The van der Waals surface area contributed by atoms with Gasteiger partial charge in [-0.2, -0.15) is 0 Å². The van der Waals surface area contributed by atoms with Gasteiger partial charge in [-0.1, -0.05) is 6.92 Å². The molecule has 1 fully saturated rings. The Morgan fingerprint density at radius 1 is 1.18 bits per heavy atom. The molecule has 196 valence electrons. The van der Waals surface area contributed by atoms with Crippen LogP contribution >= 0.6 is 0 Å². The van der Waals surface area contributed by atoms with E-state index in [0.717, 1.165) is 41.1 Å². The van der Waals surface area contributed by atoms with E-state index < -0.39 is 6.04 Å². The summed E-state index contributed by atoms with van der Waals surface area (Å²) in [6, 6.07) is 9.16. The zero-order chi connectivity index (χ0) is 26.4. The standard InChI is InChI=1S/C28H29N5O5/c1-3-26(35)33-19(14-34)15-37-28-23(33)9-17(12-30-28)31-25-11-21-16(2)38-24-10-18(32-8-4-5-27(32)36)6-7-20(24)22(21)13-29-25/h6-7,9-13,16,19,34H,3-5,8,14-15H2,1-2H3,(H,29,31)/t16?,19-/m0/s1. The van der Waals surface area contributed by atoms with Gasteiger partial charge in [-0.05, 0) is 37.6 Å². The maximum Gasteiger partial charge on any atom is 0.238 e. The molecule has 2 N–H and O–H groups in total. The number of anilines is 4. The first-order chi connectivity index (χ1) is 18.5. The summed E-state index contributed by atoms with van der Waals surface area (Å²) in [5, 5.41) is 13.1. The molecule has 0 saturated carbocycles. The summed E-state index contributed by atoms with van der Waals surface area (Å²) in [5.41, 5.74) is 4.91. The van der Waals surface area contributed by atoms with E-state index >= 15 is 0 Å². The number of hydrogen-bond donors (Lipinski definition) is 2. The number of aromatic nitrogens is 2. The van der Waals surface area contributed by atoms with Crippen LogP contribution in [0.5, 0.6) is 11.6 Å². The Balaban J connectivity index is 1.29. The van der Waals surface area contributed by atoms with E-state index in [4.69, 9.17) is 9.47 Å². The molecule has 3 aromatic rings. The van der Waals surface area contributed by atoms with Gasteiger partial charge in [0.2, 0.25) is 17.7 Å². The van der Waals surface area contributed by atoms with Crippen molar-refractivity contribution < 1.29 is 24.2 Å². The molecule has 2 amide bonds. The van der Waals surface area contributed by atoms with Gasteiger partial charge < -0.3 is 24.8 Å². The van der Waals surface area contributed by atoms with Crippen LogP contribution in [-0.2, 0) is 9.59 Å². The molecule has 5 heterocycles. The fourth-order valence-electron chi connectivity index (χ4n) is 5.30. The number of nitrogens with one attached hydrogen (secondary N) is 1. The number of carbonyl (C=O) groups excluding carboxylic acids is 2. The number of pyridine rings is 2. The number of amides is 2. The summed E-state index contributed by atoms with van der Waals surface area (Å²) in [6.45, 7) is 4.49. The first-order valence-corrected chi connectivity index (χ1v) is 12.9. The Bertz CT molecular complexity index is 1430. The van der Waals surface area contributed by atoms with Crippen LogP contribution in [0.25, 0.3) is 11.1 Å². The zero-order valence-electron chi connectivity index (χ0n) is 21.3. The largest absolute Gasteiger partial charge is 0.485 e. The zero-order valence-corrected chi connectivity index (χ0v) is 21.3. The lowest BCUT2D eigenvalue weighted by Crippen LogP contribution is -2.48. The molecule has 10 nitrogen and oxygen atoms in total. The van der Waals surface area contributed by atoms with Crippen molar-refractivity contribution in [1.29, 1.82) is 0 Å². The summed E-state index contributed by atoms with van der Waals surface area (Å²) in [5.74, 6) is 1.73. The maximum absolute atomic E-state index is 12.6. The summed E-state index contributed by atoms with van der Waals surface area (Å²) in [7, 11) is 0. The van der Waals surface area contributed by atoms with Gasteiger partial charge in [0, 0.05) is 54.0 Å². The van der Waals surface area contributed by atoms with Crippen molar-refractivity contribution in [1.82, 2.24) is 9.97 Å². The number of nitrogens with zero attached hydrogens (tertiary/aromatic N) is 4. The maximum atomic E-state index is 12.6. The van der Waals surface area contributed by atoms with Crippen molar-refractivity contribution in [2.45, 2.75) is 45.3 Å². The molecule has 2 atom stereocenters. The number of aliphatic hydroxyl groups excluding tert-OH is 1. The molecule has 6 rings (SSSR count). The van der Waals surface area contributed by atoms with Crippen molar-refractivity contribution >= 4 is 34.7 Å². The SMILES string of the molecule is CCC(=O)N1c2cc(Nc3cc4c(cn3)-c3ccc(N5CCCC5=O)cc3OC4C)cnc2OC[C@@H]1CO. The summed E-state index contributed by atoms with van der Waals surface area (Å²) >= 11 is 0. The third-order valence-corrected chi connectivity index (χ3v) is 7.24. The van der Waals surface area contributed by atoms with Gasteiger partial charge in [0.25, 0.3) is 0 Å². The molecule has 0 spiro atoms. The van der Waals surface area contributed by atoms with Gasteiger partial charge in [-0.15, -0.1) is 0 Å². The number of aliphatic hydroxyl groups is 1. The average Bonchev–Trinajstić information content (AvgIpc) is 3.37. The fraction of sp³-hybridized carbons (Fsp3) is 0.357. The average molecular weight is 516 g/mol. The van der Waals surface area contributed by atoms with Gasteiger partial charge in [-0.3, -0.25) is 14.5 Å². The Hall–Kier alpha value is -4.18. The number of hydrogen-bond acceptors (Lipinski definition) is 8. The third kappa shape index (κ3) is 4.10. The van der Waals surface area contributed by atoms with E-state index in [0.29, 0.717) is 35.9 Å². The van der Waals surface area contributed by atoms with Crippen LogP contribution in [0.2, 0.25) is 0 Å². The Labute approximate surface area is 220 Å². The first kappa shape index (κ1) is 24.2. The normalized spacial score (nSPS) is 19.7. The Morgan fingerprint density at radius 2 is 2.05 bits per heavy atom. The second kappa shape index (κ2) is 9.60. The van der Waals surface area contributed by atoms with E-state index in [1.54, 1.807) is 24.1 Å². The number of fused-ring (bicyclic) bond motifs is 4. The molecule has 3 aliphatic heterocycles. The van der Waals surface area contributed by atoms with Crippen molar-refractivity contribution in [3.63, 3.8) is 0 Å². The van der Waals surface area contributed by atoms with E-state index in [1.165, 1.54) is 0 Å².